The lowest BCUT2D eigenvalue weighted by molar-refractivity contribution is 0.102. The lowest BCUT2D eigenvalue weighted by atomic mass is 10.0. The second-order valence-electron chi connectivity index (χ2n) is 9.31. The van der Waals surface area contributed by atoms with Crippen LogP contribution < -0.4 is 5.32 Å². The molecule has 0 saturated heterocycles. The van der Waals surface area contributed by atoms with Crippen LogP contribution in [0.5, 0.6) is 0 Å². The molecule has 0 spiro atoms. The molecule has 0 unspecified atom stereocenters. The lowest BCUT2D eigenvalue weighted by Gasteiger charge is -2.23. The Labute approximate surface area is 230 Å². The predicted octanol–water partition coefficient (Wildman–Crippen LogP) is 6.64. The van der Waals surface area contributed by atoms with Gasteiger partial charge in [0.15, 0.2) is 0 Å². The molecule has 0 radical (unpaired) electrons. The molecule has 0 aromatic heterocycles. The van der Waals surface area contributed by atoms with Crippen molar-refractivity contribution < 1.29 is 17.6 Å². The van der Waals surface area contributed by atoms with Gasteiger partial charge < -0.3 is 5.32 Å². The molecule has 4 rings (SSSR count). The molecular formula is C32H33FN2O3S. The average Bonchev–Trinajstić information content (AvgIpc) is 2.96. The van der Waals surface area contributed by atoms with Gasteiger partial charge in [0.2, 0.25) is 10.0 Å². The van der Waals surface area contributed by atoms with Gasteiger partial charge in [-0.1, -0.05) is 92.7 Å². The number of sulfonamides is 1. The summed E-state index contributed by atoms with van der Waals surface area (Å²) in [5, 5.41) is 2.85. The fraction of sp³-hybridized carbons (Fsp3) is 0.219. The van der Waals surface area contributed by atoms with Gasteiger partial charge in [0.1, 0.15) is 5.82 Å². The molecule has 0 aliphatic rings. The highest BCUT2D eigenvalue weighted by Crippen LogP contribution is 2.26. The number of rotatable bonds is 11. The van der Waals surface area contributed by atoms with Crippen LogP contribution in [0.15, 0.2) is 102 Å². The van der Waals surface area contributed by atoms with E-state index in [2.05, 4.69) is 5.32 Å². The number of halogens is 1. The number of anilines is 1. The maximum atomic E-state index is 14.9. The summed E-state index contributed by atoms with van der Waals surface area (Å²) in [5.74, 6) is -1.46. The fourth-order valence-corrected chi connectivity index (χ4v) is 6.00. The Balaban J connectivity index is 1.66. The van der Waals surface area contributed by atoms with Gasteiger partial charge in [0.25, 0.3) is 5.91 Å². The van der Waals surface area contributed by atoms with Crippen molar-refractivity contribution in [2.24, 2.45) is 0 Å². The minimum atomic E-state index is -4.05. The van der Waals surface area contributed by atoms with E-state index in [1.165, 1.54) is 10.4 Å². The van der Waals surface area contributed by atoms with Crippen molar-refractivity contribution in [3.63, 3.8) is 0 Å². The van der Waals surface area contributed by atoms with Crippen LogP contribution in [0.1, 0.15) is 46.5 Å². The Morgan fingerprint density at radius 3 is 1.97 bits per heavy atom. The van der Waals surface area contributed by atoms with Crippen LogP contribution in [0.3, 0.4) is 0 Å². The van der Waals surface area contributed by atoms with E-state index in [-0.39, 0.29) is 23.5 Å². The molecule has 39 heavy (non-hydrogen) atoms. The zero-order chi connectivity index (χ0) is 27.8. The van der Waals surface area contributed by atoms with Gasteiger partial charge in [-0.3, -0.25) is 4.79 Å². The van der Waals surface area contributed by atoms with Crippen LogP contribution >= 0.6 is 0 Å². The third-order valence-electron chi connectivity index (χ3n) is 6.75. The van der Waals surface area contributed by atoms with Crippen LogP contribution in [0.2, 0.25) is 0 Å². The summed E-state index contributed by atoms with van der Waals surface area (Å²) < 4.78 is 44.1. The number of amides is 1. The number of benzene rings is 4. The van der Waals surface area contributed by atoms with E-state index in [4.69, 9.17) is 0 Å². The zero-order valence-corrected chi connectivity index (χ0v) is 23.0. The van der Waals surface area contributed by atoms with E-state index in [0.717, 1.165) is 34.4 Å². The largest absolute Gasteiger partial charge is 0.321 e. The summed E-state index contributed by atoms with van der Waals surface area (Å²) in [4.78, 5) is 13.1. The summed E-state index contributed by atoms with van der Waals surface area (Å²) in [7, 11) is -4.05. The second-order valence-corrected chi connectivity index (χ2v) is 11.3. The van der Waals surface area contributed by atoms with Crippen molar-refractivity contribution in [1.82, 2.24) is 4.31 Å². The van der Waals surface area contributed by atoms with Gasteiger partial charge in [0.05, 0.1) is 10.5 Å². The molecule has 4 aromatic rings. The Morgan fingerprint density at radius 2 is 1.38 bits per heavy atom. The Morgan fingerprint density at radius 1 is 0.795 bits per heavy atom. The molecule has 202 valence electrons. The van der Waals surface area contributed by atoms with Gasteiger partial charge in [-0.2, -0.15) is 4.31 Å². The molecule has 1 amide bonds. The standard InChI is InChI=1S/C32H33FN2O3S/c1-3-26-16-11-17-27(4-2)31(26)34-32(36)29-22-28(18-19-30(29)33)39(37,38)35(23-25-14-9-6-10-15-25)21-20-24-12-7-5-8-13-24/h5-19,22H,3-4,20-21,23H2,1-2H3,(H,34,36). The third-order valence-corrected chi connectivity index (χ3v) is 8.59. The van der Waals surface area contributed by atoms with Crippen LogP contribution in [0, 0.1) is 5.82 Å². The molecule has 4 aromatic carbocycles. The molecule has 0 heterocycles. The Kier molecular flexibility index (Phi) is 9.28. The number of hydrogen-bond acceptors (Lipinski definition) is 3. The van der Waals surface area contributed by atoms with Crippen molar-refractivity contribution >= 4 is 21.6 Å². The smallest absolute Gasteiger partial charge is 0.258 e. The first-order chi connectivity index (χ1) is 18.8. The summed E-state index contributed by atoms with van der Waals surface area (Å²) in [6.07, 6.45) is 1.89. The third kappa shape index (κ3) is 6.80. The number of carbonyl (C=O) groups excluding carboxylic acids is 1. The summed E-state index contributed by atoms with van der Waals surface area (Å²) in [5.41, 5.74) is 4.04. The van der Waals surface area contributed by atoms with Crippen molar-refractivity contribution in [2.45, 2.75) is 44.6 Å². The van der Waals surface area contributed by atoms with Crippen LogP contribution in [-0.2, 0) is 35.8 Å². The normalized spacial score (nSPS) is 11.5. The van der Waals surface area contributed by atoms with E-state index in [9.17, 15) is 17.6 Å². The minimum Gasteiger partial charge on any atom is -0.321 e. The molecule has 0 aliphatic heterocycles. The van der Waals surface area contributed by atoms with Gasteiger partial charge >= 0.3 is 0 Å². The first-order valence-corrected chi connectivity index (χ1v) is 14.6. The monoisotopic (exact) mass is 544 g/mol. The first-order valence-electron chi connectivity index (χ1n) is 13.1. The Bertz CT molecular complexity index is 1500. The van der Waals surface area contributed by atoms with E-state index in [0.29, 0.717) is 24.9 Å². The molecular weight excluding hydrogens is 511 g/mol. The molecule has 0 aliphatic carbocycles. The number of aryl methyl sites for hydroxylation is 2. The van der Waals surface area contributed by atoms with Gasteiger partial charge in [-0.15, -0.1) is 0 Å². The quantitative estimate of drug-likeness (QED) is 0.230. The number of nitrogens with zero attached hydrogens (tertiary/aromatic N) is 1. The topological polar surface area (TPSA) is 66.5 Å². The van der Waals surface area contributed by atoms with Crippen LogP contribution in [-0.4, -0.2) is 25.2 Å². The van der Waals surface area contributed by atoms with Crippen LogP contribution in [0.4, 0.5) is 10.1 Å². The zero-order valence-electron chi connectivity index (χ0n) is 22.2. The van der Waals surface area contributed by atoms with Gasteiger partial charge in [0, 0.05) is 18.8 Å². The highest BCUT2D eigenvalue weighted by atomic mass is 32.2. The minimum absolute atomic E-state index is 0.127. The van der Waals surface area contributed by atoms with E-state index in [1.54, 1.807) is 0 Å². The van der Waals surface area contributed by atoms with Crippen molar-refractivity contribution in [3.05, 3.63) is 131 Å². The summed E-state index contributed by atoms with van der Waals surface area (Å²) in [6.45, 7) is 4.34. The number of nitrogens with one attached hydrogen (secondary N) is 1. The van der Waals surface area contributed by atoms with Crippen molar-refractivity contribution in [2.75, 3.05) is 11.9 Å². The van der Waals surface area contributed by atoms with E-state index < -0.39 is 21.7 Å². The molecule has 7 heteroatoms. The molecule has 0 bridgehead atoms. The van der Waals surface area contributed by atoms with Gasteiger partial charge in [-0.05, 0) is 59.7 Å². The maximum Gasteiger partial charge on any atom is 0.258 e. The molecule has 0 saturated carbocycles. The second kappa shape index (κ2) is 12.8. The summed E-state index contributed by atoms with van der Waals surface area (Å²) >= 11 is 0. The first kappa shape index (κ1) is 28.2. The van der Waals surface area contributed by atoms with Crippen LogP contribution in [0.25, 0.3) is 0 Å². The fourth-order valence-electron chi connectivity index (χ4n) is 4.54. The highest BCUT2D eigenvalue weighted by Gasteiger charge is 2.27. The molecule has 1 N–H and O–H groups in total. The highest BCUT2D eigenvalue weighted by molar-refractivity contribution is 7.89. The van der Waals surface area contributed by atoms with E-state index in [1.807, 2.05) is 92.7 Å². The van der Waals surface area contributed by atoms with Gasteiger partial charge in [-0.25, -0.2) is 12.8 Å². The summed E-state index contributed by atoms with van der Waals surface area (Å²) in [6, 6.07) is 28.1. The number of para-hydroxylation sites is 1. The van der Waals surface area contributed by atoms with Crippen molar-refractivity contribution in [1.29, 1.82) is 0 Å². The Hall–Kier alpha value is -3.81. The molecule has 0 atom stereocenters. The van der Waals surface area contributed by atoms with E-state index >= 15 is 0 Å². The average molecular weight is 545 g/mol. The predicted molar refractivity (Wildman–Crippen MR) is 154 cm³/mol. The molecule has 5 nitrogen and oxygen atoms in total. The SMILES string of the molecule is CCc1cccc(CC)c1NC(=O)c1cc(S(=O)(=O)N(CCc2ccccc2)Cc2ccccc2)ccc1F. The molecule has 0 fully saturated rings. The number of carbonyl (C=O) groups is 1. The van der Waals surface area contributed by atoms with Crippen molar-refractivity contribution in [3.8, 4) is 0 Å². The lowest BCUT2D eigenvalue weighted by Crippen LogP contribution is -2.33. The maximum absolute atomic E-state index is 14.9. The number of hydrogen-bond donors (Lipinski definition) is 1.